The standard InChI is InChI=1S/C5H10O2.C2H4N4/c1-3-4(2)5(6)7;3-2-4-1-5-6-2/h4H,3H2,1-2H3,(H,6,7);1H,(H3,3,4,5,6). The number of anilines is 1. The summed E-state index contributed by atoms with van der Waals surface area (Å²) >= 11 is 0. The maximum Gasteiger partial charge on any atom is 0.306 e. The molecule has 0 saturated heterocycles. The van der Waals surface area contributed by atoms with E-state index in [0.29, 0.717) is 5.95 Å². The Morgan fingerprint density at radius 1 is 1.85 bits per heavy atom. The Balaban J connectivity index is 0.000000223. The normalized spacial score (nSPS) is 11.2. The van der Waals surface area contributed by atoms with Crippen molar-refractivity contribution in [2.75, 3.05) is 5.73 Å². The fourth-order valence-corrected chi connectivity index (χ4v) is 0.390. The third-order valence-corrected chi connectivity index (χ3v) is 1.47. The molecular weight excluding hydrogens is 172 g/mol. The monoisotopic (exact) mass is 186 g/mol. The molecule has 1 atom stereocenters. The topological polar surface area (TPSA) is 105 Å². The van der Waals surface area contributed by atoms with Crippen LogP contribution >= 0.6 is 0 Å². The molecular formula is C7H14N4O2. The second-order valence-electron chi connectivity index (χ2n) is 2.52. The number of H-pyrrole nitrogens is 1. The quantitative estimate of drug-likeness (QED) is 0.623. The first-order valence-corrected chi connectivity index (χ1v) is 3.91. The van der Waals surface area contributed by atoms with Gasteiger partial charge < -0.3 is 10.8 Å². The second kappa shape index (κ2) is 5.99. The van der Waals surface area contributed by atoms with Gasteiger partial charge in [-0.2, -0.15) is 5.10 Å². The molecule has 1 rings (SSSR count). The van der Waals surface area contributed by atoms with Gasteiger partial charge in [0, 0.05) is 0 Å². The number of nitrogens with zero attached hydrogens (tertiary/aromatic N) is 2. The van der Waals surface area contributed by atoms with E-state index in [4.69, 9.17) is 10.8 Å². The summed E-state index contributed by atoms with van der Waals surface area (Å²) in [6.45, 7) is 3.56. The molecule has 0 bridgehead atoms. The number of aromatic nitrogens is 3. The zero-order valence-corrected chi connectivity index (χ0v) is 7.69. The van der Waals surface area contributed by atoms with Crippen LogP contribution in [0.15, 0.2) is 6.33 Å². The van der Waals surface area contributed by atoms with Crippen molar-refractivity contribution in [3.63, 3.8) is 0 Å². The molecule has 74 valence electrons. The predicted octanol–water partition coefficient (Wildman–Crippen LogP) is 0.504. The van der Waals surface area contributed by atoms with Gasteiger partial charge in [0.2, 0.25) is 5.95 Å². The largest absolute Gasteiger partial charge is 0.481 e. The van der Waals surface area contributed by atoms with Crippen molar-refractivity contribution in [3.05, 3.63) is 6.33 Å². The highest BCUT2D eigenvalue weighted by Crippen LogP contribution is 1.97. The van der Waals surface area contributed by atoms with Gasteiger partial charge in [0.15, 0.2) is 0 Å². The van der Waals surface area contributed by atoms with Gasteiger partial charge in [-0.05, 0) is 6.42 Å². The Labute approximate surface area is 76.2 Å². The molecule has 13 heavy (non-hydrogen) atoms. The Bertz CT molecular complexity index is 235. The Morgan fingerprint density at radius 3 is 2.54 bits per heavy atom. The SMILES string of the molecule is CCC(C)C(=O)O.Nc1ncn[nH]1. The van der Waals surface area contributed by atoms with Crippen molar-refractivity contribution < 1.29 is 9.90 Å². The molecule has 0 aromatic carbocycles. The number of nitrogen functional groups attached to an aromatic ring is 1. The first-order chi connectivity index (χ1) is 6.07. The van der Waals surface area contributed by atoms with Crippen LogP contribution in [-0.4, -0.2) is 26.3 Å². The van der Waals surface area contributed by atoms with E-state index in [2.05, 4.69) is 15.2 Å². The molecule has 1 unspecified atom stereocenters. The molecule has 4 N–H and O–H groups in total. The highest BCUT2D eigenvalue weighted by molar-refractivity contribution is 5.69. The van der Waals surface area contributed by atoms with Gasteiger partial charge in [-0.15, -0.1) is 0 Å². The third kappa shape index (κ3) is 5.66. The van der Waals surface area contributed by atoms with Crippen LogP contribution in [0.1, 0.15) is 20.3 Å². The minimum atomic E-state index is -0.706. The molecule has 1 aromatic rings. The van der Waals surface area contributed by atoms with E-state index in [1.54, 1.807) is 6.92 Å². The van der Waals surface area contributed by atoms with E-state index in [-0.39, 0.29) is 5.92 Å². The minimum Gasteiger partial charge on any atom is -0.481 e. The van der Waals surface area contributed by atoms with Crippen molar-refractivity contribution in [2.45, 2.75) is 20.3 Å². The number of nitrogens with one attached hydrogen (secondary N) is 1. The van der Waals surface area contributed by atoms with E-state index < -0.39 is 5.97 Å². The van der Waals surface area contributed by atoms with Crippen LogP contribution in [0.2, 0.25) is 0 Å². The smallest absolute Gasteiger partial charge is 0.306 e. The summed E-state index contributed by atoms with van der Waals surface area (Å²) in [5.41, 5.74) is 5.05. The third-order valence-electron chi connectivity index (χ3n) is 1.47. The van der Waals surface area contributed by atoms with E-state index in [9.17, 15) is 4.79 Å². The molecule has 0 aliphatic heterocycles. The van der Waals surface area contributed by atoms with E-state index in [0.717, 1.165) is 6.42 Å². The lowest BCUT2D eigenvalue weighted by molar-refractivity contribution is -0.141. The number of rotatable bonds is 2. The van der Waals surface area contributed by atoms with Gasteiger partial charge in [0.1, 0.15) is 6.33 Å². The molecule has 0 spiro atoms. The number of aliphatic carboxylic acids is 1. The zero-order valence-electron chi connectivity index (χ0n) is 7.69. The summed E-state index contributed by atoms with van der Waals surface area (Å²) in [7, 11) is 0. The van der Waals surface area contributed by atoms with Crippen molar-refractivity contribution >= 4 is 11.9 Å². The van der Waals surface area contributed by atoms with Gasteiger partial charge in [0.25, 0.3) is 0 Å². The zero-order chi connectivity index (χ0) is 10.3. The summed E-state index contributed by atoms with van der Waals surface area (Å²) in [6, 6.07) is 0. The second-order valence-corrected chi connectivity index (χ2v) is 2.52. The molecule has 1 aromatic heterocycles. The van der Waals surface area contributed by atoms with Crippen molar-refractivity contribution in [2.24, 2.45) is 5.92 Å². The summed E-state index contributed by atoms with van der Waals surface area (Å²) in [4.78, 5) is 13.5. The van der Waals surface area contributed by atoms with Crippen LogP contribution in [0.4, 0.5) is 5.95 Å². The lowest BCUT2D eigenvalue weighted by Gasteiger charge is -1.96. The number of carboxylic acid groups (broad SMARTS) is 1. The number of hydrogen-bond donors (Lipinski definition) is 3. The fraction of sp³-hybridized carbons (Fsp3) is 0.571. The maximum absolute atomic E-state index is 9.93. The van der Waals surface area contributed by atoms with Crippen LogP contribution in [0, 0.1) is 5.92 Å². The van der Waals surface area contributed by atoms with Gasteiger partial charge in [-0.1, -0.05) is 13.8 Å². The van der Waals surface area contributed by atoms with E-state index in [1.807, 2.05) is 6.92 Å². The first kappa shape index (κ1) is 11.4. The van der Waals surface area contributed by atoms with Gasteiger partial charge in [-0.25, -0.2) is 10.1 Å². The summed E-state index contributed by atoms with van der Waals surface area (Å²) in [5, 5.41) is 14.1. The van der Waals surface area contributed by atoms with Crippen molar-refractivity contribution in [1.82, 2.24) is 15.2 Å². The number of nitrogens with two attached hydrogens (primary N) is 1. The van der Waals surface area contributed by atoms with Crippen molar-refractivity contribution in [3.8, 4) is 0 Å². The van der Waals surface area contributed by atoms with Crippen LogP contribution < -0.4 is 5.73 Å². The lowest BCUT2D eigenvalue weighted by atomic mass is 10.1. The molecule has 0 aliphatic carbocycles. The van der Waals surface area contributed by atoms with Gasteiger partial charge in [0.05, 0.1) is 5.92 Å². The van der Waals surface area contributed by atoms with Crippen LogP contribution in [0.3, 0.4) is 0 Å². The minimum absolute atomic E-state index is 0.181. The number of carbonyl (C=O) groups is 1. The Hall–Kier alpha value is -1.59. The molecule has 0 fully saturated rings. The van der Waals surface area contributed by atoms with Crippen LogP contribution in [0.5, 0.6) is 0 Å². The molecule has 1 heterocycles. The Morgan fingerprint density at radius 2 is 2.46 bits per heavy atom. The van der Waals surface area contributed by atoms with E-state index >= 15 is 0 Å². The molecule has 0 radical (unpaired) electrons. The van der Waals surface area contributed by atoms with Gasteiger partial charge in [-0.3, -0.25) is 4.79 Å². The van der Waals surface area contributed by atoms with Crippen molar-refractivity contribution in [1.29, 1.82) is 0 Å². The average molecular weight is 186 g/mol. The molecule has 6 heteroatoms. The molecule has 6 nitrogen and oxygen atoms in total. The number of aromatic amines is 1. The molecule has 0 aliphatic rings. The van der Waals surface area contributed by atoms with E-state index in [1.165, 1.54) is 6.33 Å². The average Bonchev–Trinajstić information content (AvgIpc) is 2.55. The molecule has 0 amide bonds. The fourth-order valence-electron chi connectivity index (χ4n) is 0.390. The number of hydrogen-bond acceptors (Lipinski definition) is 4. The highest BCUT2D eigenvalue weighted by Gasteiger charge is 2.05. The first-order valence-electron chi connectivity index (χ1n) is 3.91. The van der Waals surface area contributed by atoms with Gasteiger partial charge >= 0.3 is 5.97 Å². The lowest BCUT2D eigenvalue weighted by Crippen LogP contribution is -2.06. The Kier molecular flexibility index (Phi) is 5.25. The van der Waals surface area contributed by atoms with Crippen LogP contribution in [-0.2, 0) is 4.79 Å². The summed E-state index contributed by atoms with van der Waals surface area (Å²) in [6.07, 6.45) is 2.07. The summed E-state index contributed by atoms with van der Waals surface area (Å²) in [5.74, 6) is -0.530. The highest BCUT2D eigenvalue weighted by atomic mass is 16.4. The number of carboxylic acids is 1. The summed E-state index contributed by atoms with van der Waals surface area (Å²) < 4.78 is 0. The molecule has 0 saturated carbocycles. The predicted molar refractivity (Wildman–Crippen MR) is 47.9 cm³/mol. The maximum atomic E-state index is 9.93. The van der Waals surface area contributed by atoms with Crippen LogP contribution in [0.25, 0.3) is 0 Å².